The first kappa shape index (κ1) is 15.9. The molecule has 0 spiro atoms. The first-order valence-corrected chi connectivity index (χ1v) is 9.18. The van der Waals surface area contributed by atoms with Gasteiger partial charge in [-0.3, -0.25) is 0 Å². The molecule has 2 aromatic carbocycles. The number of allylic oxidation sites excluding steroid dienone is 1. The van der Waals surface area contributed by atoms with E-state index in [2.05, 4.69) is 64.7 Å². The standard InChI is InChI=1S/C24H20N2O/c1-27-22-8-4-5-16(10-22)9-21-15-26-24-23(21)13-20(14-25-24)19-11-17-6-2-3-7-18(17)12-19/h2-8,10-11,13-15H,9,12H2,1H3,(H,25,26). The van der Waals surface area contributed by atoms with Gasteiger partial charge in [-0.25, -0.2) is 4.98 Å². The molecule has 27 heavy (non-hydrogen) atoms. The topological polar surface area (TPSA) is 37.9 Å². The largest absolute Gasteiger partial charge is 0.497 e. The Bertz CT molecular complexity index is 1170. The number of benzene rings is 2. The van der Waals surface area contributed by atoms with Gasteiger partial charge in [-0.2, -0.15) is 0 Å². The number of hydrogen-bond donors (Lipinski definition) is 1. The van der Waals surface area contributed by atoms with E-state index in [1.165, 1.54) is 38.8 Å². The third-order valence-corrected chi connectivity index (χ3v) is 5.28. The van der Waals surface area contributed by atoms with Crippen LogP contribution in [0.15, 0.2) is 67.0 Å². The van der Waals surface area contributed by atoms with E-state index in [0.29, 0.717) is 0 Å². The molecule has 0 fully saturated rings. The van der Waals surface area contributed by atoms with E-state index in [1.807, 2.05) is 18.3 Å². The summed E-state index contributed by atoms with van der Waals surface area (Å²) in [5.74, 6) is 0.889. The van der Waals surface area contributed by atoms with E-state index >= 15 is 0 Å². The molecule has 5 rings (SSSR count). The summed E-state index contributed by atoms with van der Waals surface area (Å²) in [5.41, 5.74) is 8.66. The zero-order chi connectivity index (χ0) is 18.2. The fourth-order valence-electron chi connectivity index (χ4n) is 3.85. The molecule has 0 saturated heterocycles. The molecule has 1 aliphatic rings. The van der Waals surface area contributed by atoms with Crippen LogP contribution in [0.4, 0.5) is 0 Å². The Kier molecular flexibility index (Phi) is 3.79. The summed E-state index contributed by atoms with van der Waals surface area (Å²) < 4.78 is 5.35. The second kappa shape index (κ2) is 6.44. The Labute approximate surface area is 158 Å². The summed E-state index contributed by atoms with van der Waals surface area (Å²) in [6.07, 6.45) is 8.15. The second-order valence-corrected chi connectivity index (χ2v) is 7.01. The van der Waals surface area contributed by atoms with Crippen LogP contribution in [-0.2, 0) is 12.8 Å². The molecule has 2 heterocycles. The van der Waals surface area contributed by atoms with Crippen molar-refractivity contribution in [3.63, 3.8) is 0 Å². The summed E-state index contributed by atoms with van der Waals surface area (Å²) in [6.45, 7) is 0. The van der Waals surface area contributed by atoms with Crippen molar-refractivity contribution in [2.24, 2.45) is 0 Å². The molecule has 0 aliphatic heterocycles. The van der Waals surface area contributed by atoms with Gasteiger partial charge in [-0.05, 0) is 64.4 Å². The number of aromatic nitrogens is 2. The average molecular weight is 352 g/mol. The van der Waals surface area contributed by atoms with Gasteiger partial charge in [0.1, 0.15) is 11.4 Å². The first-order chi connectivity index (χ1) is 13.3. The van der Waals surface area contributed by atoms with Crippen LogP contribution < -0.4 is 4.74 Å². The molecule has 0 bridgehead atoms. The van der Waals surface area contributed by atoms with Crippen LogP contribution >= 0.6 is 0 Å². The van der Waals surface area contributed by atoms with Crippen LogP contribution in [-0.4, -0.2) is 17.1 Å². The number of aromatic amines is 1. The number of H-pyrrole nitrogens is 1. The minimum Gasteiger partial charge on any atom is -0.497 e. The summed E-state index contributed by atoms with van der Waals surface area (Å²) in [6, 6.07) is 19.1. The highest BCUT2D eigenvalue weighted by molar-refractivity contribution is 5.92. The first-order valence-electron chi connectivity index (χ1n) is 9.18. The summed E-state index contributed by atoms with van der Waals surface area (Å²) >= 11 is 0. The number of hydrogen-bond acceptors (Lipinski definition) is 2. The lowest BCUT2D eigenvalue weighted by Gasteiger charge is -2.06. The Morgan fingerprint density at radius 1 is 1.07 bits per heavy atom. The molecule has 0 saturated carbocycles. The van der Waals surface area contributed by atoms with Gasteiger partial charge in [-0.1, -0.05) is 42.5 Å². The highest BCUT2D eigenvalue weighted by Gasteiger charge is 2.15. The molecule has 4 aromatic rings. The number of methoxy groups -OCH3 is 1. The van der Waals surface area contributed by atoms with Gasteiger partial charge >= 0.3 is 0 Å². The van der Waals surface area contributed by atoms with Crippen molar-refractivity contribution >= 4 is 22.7 Å². The minimum absolute atomic E-state index is 0.849. The molecule has 0 unspecified atom stereocenters. The molecule has 2 aromatic heterocycles. The number of fused-ring (bicyclic) bond motifs is 2. The molecule has 0 atom stereocenters. The fraction of sp³-hybridized carbons (Fsp3) is 0.125. The van der Waals surface area contributed by atoms with E-state index < -0.39 is 0 Å². The predicted octanol–water partition coefficient (Wildman–Crippen LogP) is 5.26. The number of rotatable bonds is 4. The van der Waals surface area contributed by atoms with Crippen molar-refractivity contribution in [3.8, 4) is 5.75 Å². The minimum atomic E-state index is 0.849. The van der Waals surface area contributed by atoms with Crippen molar-refractivity contribution in [1.29, 1.82) is 0 Å². The quantitative estimate of drug-likeness (QED) is 0.544. The normalized spacial score (nSPS) is 12.9. The fourth-order valence-corrected chi connectivity index (χ4v) is 3.85. The Morgan fingerprint density at radius 2 is 2.00 bits per heavy atom. The van der Waals surface area contributed by atoms with E-state index in [4.69, 9.17) is 4.74 Å². The smallest absolute Gasteiger partial charge is 0.137 e. The number of nitrogens with one attached hydrogen (secondary N) is 1. The van der Waals surface area contributed by atoms with Gasteiger partial charge in [0.15, 0.2) is 0 Å². The van der Waals surface area contributed by atoms with Gasteiger partial charge in [0.05, 0.1) is 7.11 Å². The van der Waals surface area contributed by atoms with Crippen molar-refractivity contribution in [2.45, 2.75) is 12.8 Å². The van der Waals surface area contributed by atoms with E-state index in [-0.39, 0.29) is 0 Å². The third kappa shape index (κ3) is 2.91. The molecule has 1 aliphatic carbocycles. The average Bonchev–Trinajstić information content (AvgIpc) is 3.32. The van der Waals surface area contributed by atoms with Crippen LogP contribution in [0.3, 0.4) is 0 Å². The molecule has 3 heteroatoms. The highest BCUT2D eigenvalue weighted by Crippen LogP contribution is 2.33. The SMILES string of the molecule is COc1cccc(Cc2c[nH]c3ncc(C4=Cc5ccccc5C4)cc23)c1. The van der Waals surface area contributed by atoms with Crippen LogP contribution in [0.1, 0.15) is 27.8 Å². The Hall–Kier alpha value is -3.33. The molecule has 3 nitrogen and oxygen atoms in total. The number of ether oxygens (including phenoxy) is 1. The van der Waals surface area contributed by atoms with Crippen LogP contribution in [0.25, 0.3) is 22.7 Å². The number of pyridine rings is 1. The van der Waals surface area contributed by atoms with E-state index in [1.54, 1.807) is 7.11 Å². The van der Waals surface area contributed by atoms with Crippen LogP contribution in [0, 0.1) is 0 Å². The van der Waals surface area contributed by atoms with Crippen molar-refractivity contribution < 1.29 is 4.74 Å². The number of nitrogens with zero attached hydrogens (tertiary/aromatic N) is 1. The zero-order valence-electron chi connectivity index (χ0n) is 15.2. The zero-order valence-corrected chi connectivity index (χ0v) is 15.2. The van der Waals surface area contributed by atoms with Crippen LogP contribution in [0.2, 0.25) is 0 Å². The third-order valence-electron chi connectivity index (χ3n) is 5.28. The maximum Gasteiger partial charge on any atom is 0.137 e. The predicted molar refractivity (Wildman–Crippen MR) is 110 cm³/mol. The molecule has 1 N–H and O–H groups in total. The van der Waals surface area contributed by atoms with Crippen LogP contribution in [0.5, 0.6) is 5.75 Å². The van der Waals surface area contributed by atoms with Gasteiger partial charge in [0.2, 0.25) is 0 Å². The van der Waals surface area contributed by atoms with Crippen molar-refractivity contribution in [3.05, 3.63) is 94.8 Å². The molecular weight excluding hydrogens is 332 g/mol. The van der Waals surface area contributed by atoms with Crippen molar-refractivity contribution in [1.82, 2.24) is 9.97 Å². The maximum absolute atomic E-state index is 5.35. The van der Waals surface area contributed by atoms with E-state index in [0.717, 1.165) is 24.2 Å². The van der Waals surface area contributed by atoms with Gasteiger partial charge in [-0.15, -0.1) is 0 Å². The van der Waals surface area contributed by atoms with Gasteiger partial charge in [0, 0.05) is 17.8 Å². The molecular formula is C24H20N2O. The van der Waals surface area contributed by atoms with Crippen molar-refractivity contribution in [2.75, 3.05) is 7.11 Å². The molecule has 0 amide bonds. The molecule has 132 valence electrons. The lowest BCUT2D eigenvalue weighted by atomic mass is 10.0. The Balaban J connectivity index is 1.50. The summed E-state index contributed by atoms with van der Waals surface area (Å²) in [7, 11) is 1.70. The maximum atomic E-state index is 5.35. The lowest BCUT2D eigenvalue weighted by molar-refractivity contribution is 0.414. The summed E-state index contributed by atoms with van der Waals surface area (Å²) in [5, 5.41) is 1.19. The monoisotopic (exact) mass is 352 g/mol. The molecule has 0 radical (unpaired) electrons. The highest BCUT2D eigenvalue weighted by atomic mass is 16.5. The summed E-state index contributed by atoms with van der Waals surface area (Å²) in [4.78, 5) is 7.97. The Morgan fingerprint density at radius 3 is 2.89 bits per heavy atom. The lowest BCUT2D eigenvalue weighted by Crippen LogP contribution is -1.91. The second-order valence-electron chi connectivity index (χ2n) is 7.01. The van der Waals surface area contributed by atoms with Gasteiger partial charge in [0.25, 0.3) is 0 Å². The van der Waals surface area contributed by atoms with E-state index in [9.17, 15) is 0 Å². The van der Waals surface area contributed by atoms with Gasteiger partial charge < -0.3 is 9.72 Å².